The Hall–Kier alpha value is -2.12. The van der Waals surface area contributed by atoms with E-state index < -0.39 is 0 Å². The van der Waals surface area contributed by atoms with Gasteiger partial charge in [0.2, 0.25) is 0 Å². The van der Waals surface area contributed by atoms with E-state index in [0.29, 0.717) is 17.4 Å². The lowest BCUT2D eigenvalue weighted by Crippen LogP contribution is -2.30. The summed E-state index contributed by atoms with van der Waals surface area (Å²) in [5.74, 6) is 0.524. The number of nitrogens with zero attached hydrogens (tertiary/aromatic N) is 3. The highest BCUT2D eigenvalue weighted by Crippen LogP contribution is 2.22. The number of aromatic nitrogens is 3. The number of halogens is 1. The molecule has 0 aliphatic carbocycles. The Bertz CT molecular complexity index is 761. The molecule has 27 heavy (non-hydrogen) atoms. The highest BCUT2D eigenvalue weighted by Gasteiger charge is 2.23. The van der Waals surface area contributed by atoms with Crippen molar-refractivity contribution >= 4 is 24.0 Å². The van der Waals surface area contributed by atoms with Gasteiger partial charge in [-0.15, -0.1) is 17.5 Å². The molecule has 1 aromatic carbocycles. The second-order valence-corrected chi connectivity index (χ2v) is 7.64. The average Bonchev–Trinajstić information content (AvgIpc) is 2.98. The number of nitrogens with one attached hydrogen (secondary N) is 2. The highest BCUT2D eigenvalue weighted by atomic mass is 35.5. The second-order valence-electron chi connectivity index (χ2n) is 7.64. The zero-order valence-corrected chi connectivity index (χ0v) is 17.1. The van der Waals surface area contributed by atoms with Gasteiger partial charge in [-0.05, 0) is 77.9 Å². The summed E-state index contributed by atoms with van der Waals surface area (Å²) in [7, 11) is 0. The third-order valence-electron chi connectivity index (χ3n) is 4.33. The number of carbonyl (C=O) groups is 1. The molecule has 7 nitrogen and oxygen atoms in total. The number of rotatable bonds is 4. The van der Waals surface area contributed by atoms with Gasteiger partial charge >= 0.3 is 0 Å². The molecule has 1 aliphatic heterocycles. The third kappa shape index (κ3) is 5.43. The molecule has 0 spiro atoms. The standard InChI is InChI=1S/C19H27N5O2.ClH/c1-13-17(22-23-24(13)15-9-11-20-12-10-15)18(25)21-14-5-7-16(8-6-14)26-19(2,3)4;/h5-8,15,20H,9-12H2,1-4H3,(H,21,25);1H. The fraction of sp³-hybridized carbons (Fsp3) is 0.526. The zero-order valence-electron chi connectivity index (χ0n) is 16.3. The predicted molar refractivity (Wildman–Crippen MR) is 108 cm³/mol. The average molecular weight is 394 g/mol. The van der Waals surface area contributed by atoms with Crippen molar-refractivity contribution in [3.63, 3.8) is 0 Å². The highest BCUT2D eigenvalue weighted by molar-refractivity contribution is 6.03. The zero-order chi connectivity index (χ0) is 18.7. The number of amides is 1. The van der Waals surface area contributed by atoms with Crippen molar-refractivity contribution in [1.82, 2.24) is 20.3 Å². The topological polar surface area (TPSA) is 81.1 Å². The molecule has 1 aromatic heterocycles. The Kier molecular flexibility index (Phi) is 6.84. The lowest BCUT2D eigenvalue weighted by Gasteiger charge is -2.23. The van der Waals surface area contributed by atoms with Crippen molar-refractivity contribution in [1.29, 1.82) is 0 Å². The minimum Gasteiger partial charge on any atom is -0.488 e. The van der Waals surface area contributed by atoms with Crippen LogP contribution in [0.15, 0.2) is 24.3 Å². The first-order valence-electron chi connectivity index (χ1n) is 9.06. The van der Waals surface area contributed by atoms with Gasteiger partial charge in [-0.3, -0.25) is 4.79 Å². The molecule has 3 rings (SSSR count). The number of hydrogen-bond acceptors (Lipinski definition) is 5. The van der Waals surface area contributed by atoms with Gasteiger partial charge in [-0.25, -0.2) is 4.68 Å². The smallest absolute Gasteiger partial charge is 0.278 e. The molecular weight excluding hydrogens is 366 g/mol. The molecule has 2 N–H and O–H groups in total. The number of ether oxygens (including phenoxy) is 1. The van der Waals surface area contributed by atoms with E-state index in [0.717, 1.165) is 37.4 Å². The molecule has 1 saturated heterocycles. The summed E-state index contributed by atoms with van der Waals surface area (Å²) in [6, 6.07) is 7.65. The fourth-order valence-electron chi connectivity index (χ4n) is 3.10. The van der Waals surface area contributed by atoms with Gasteiger partial charge in [0.05, 0.1) is 11.7 Å². The van der Waals surface area contributed by atoms with E-state index in [-0.39, 0.29) is 23.9 Å². The summed E-state index contributed by atoms with van der Waals surface area (Å²) in [6.07, 6.45) is 2.00. The van der Waals surface area contributed by atoms with Crippen molar-refractivity contribution in [3.8, 4) is 5.75 Å². The first-order chi connectivity index (χ1) is 12.3. The number of anilines is 1. The Morgan fingerprint density at radius 2 is 1.85 bits per heavy atom. The molecule has 0 unspecified atom stereocenters. The Labute approximate surface area is 166 Å². The van der Waals surface area contributed by atoms with Crippen LogP contribution < -0.4 is 15.4 Å². The fourth-order valence-corrected chi connectivity index (χ4v) is 3.10. The maximum Gasteiger partial charge on any atom is 0.278 e. The lowest BCUT2D eigenvalue weighted by atomic mass is 10.1. The summed E-state index contributed by atoms with van der Waals surface area (Å²) < 4.78 is 7.68. The summed E-state index contributed by atoms with van der Waals surface area (Å²) >= 11 is 0. The Balaban J connectivity index is 0.00000261. The summed E-state index contributed by atoms with van der Waals surface area (Å²) in [5.41, 5.74) is 1.63. The van der Waals surface area contributed by atoms with E-state index in [1.165, 1.54) is 0 Å². The van der Waals surface area contributed by atoms with Gasteiger partial charge in [0.1, 0.15) is 11.4 Å². The molecule has 0 radical (unpaired) electrons. The molecule has 0 bridgehead atoms. The van der Waals surface area contributed by atoms with Gasteiger partial charge in [0.15, 0.2) is 5.69 Å². The minimum absolute atomic E-state index is 0. The Morgan fingerprint density at radius 1 is 1.22 bits per heavy atom. The van der Waals surface area contributed by atoms with E-state index in [1.807, 2.05) is 56.6 Å². The second kappa shape index (κ2) is 8.71. The maximum atomic E-state index is 12.6. The van der Waals surface area contributed by atoms with Crippen LogP contribution in [0, 0.1) is 6.92 Å². The van der Waals surface area contributed by atoms with Crippen LogP contribution in [0.25, 0.3) is 0 Å². The van der Waals surface area contributed by atoms with Crippen LogP contribution in [-0.4, -0.2) is 39.6 Å². The van der Waals surface area contributed by atoms with Crippen LogP contribution in [0.4, 0.5) is 5.69 Å². The third-order valence-corrected chi connectivity index (χ3v) is 4.33. The van der Waals surface area contributed by atoms with Crippen molar-refractivity contribution in [3.05, 3.63) is 35.7 Å². The predicted octanol–water partition coefficient (Wildman–Crippen LogP) is 3.36. The molecule has 1 fully saturated rings. The van der Waals surface area contributed by atoms with Gasteiger partial charge in [0.25, 0.3) is 5.91 Å². The molecule has 1 aliphatic rings. The van der Waals surface area contributed by atoms with Crippen LogP contribution in [0.2, 0.25) is 0 Å². The van der Waals surface area contributed by atoms with Crippen LogP contribution in [-0.2, 0) is 0 Å². The van der Waals surface area contributed by atoms with Crippen molar-refractivity contribution in [2.24, 2.45) is 0 Å². The van der Waals surface area contributed by atoms with E-state index in [1.54, 1.807) is 0 Å². The van der Waals surface area contributed by atoms with E-state index in [2.05, 4.69) is 20.9 Å². The van der Waals surface area contributed by atoms with Crippen LogP contribution in [0.1, 0.15) is 55.8 Å². The Morgan fingerprint density at radius 3 is 2.44 bits per heavy atom. The van der Waals surface area contributed by atoms with Gasteiger partial charge in [-0.2, -0.15) is 0 Å². The first-order valence-corrected chi connectivity index (χ1v) is 9.06. The number of carbonyl (C=O) groups excluding carboxylic acids is 1. The molecule has 2 aromatic rings. The van der Waals surface area contributed by atoms with Crippen LogP contribution in [0.3, 0.4) is 0 Å². The molecule has 0 atom stereocenters. The quantitative estimate of drug-likeness (QED) is 0.832. The lowest BCUT2D eigenvalue weighted by molar-refractivity contribution is 0.102. The molecule has 2 heterocycles. The molecule has 0 saturated carbocycles. The van der Waals surface area contributed by atoms with Crippen LogP contribution in [0.5, 0.6) is 5.75 Å². The van der Waals surface area contributed by atoms with Crippen molar-refractivity contribution in [2.45, 2.75) is 52.2 Å². The van der Waals surface area contributed by atoms with E-state index in [4.69, 9.17) is 4.74 Å². The number of benzene rings is 1. The van der Waals surface area contributed by atoms with E-state index >= 15 is 0 Å². The van der Waals surface area contributed by atoms with E-state index in [9.17, 15) is 4.79 Å². The van der Waals surface area contributed by atoms with Gasteiger partial charge < -0.3 is 15.4 Å². The molecule has 1 amide bonds. The van der Waals surface area contributed by atoms with Crippen molar-refractivity contribution < 1.29 is 9.53 Å². The summed E-state index contributed by atoms with van der Waals surface area (Å²) in [4.78, 5) is 12.6. The molecule has 148 valence electrons. The van der Waals surface area contributed by atoms with Gasteiger partial charge in [-0.1, -0.05) is 5.21 Å². The molecular formula is C19H28ClN5O2. The number of hydrogen-bond donors (Lipinski definition) is 2. The summed E-state index contributed by atoms with van der Waals surface area (Å²) in [6.45, 7) is 9.83. The number of piperidine rings is 1. The maximum absolute atomic E-state index is 12.6. The minimum atomic E-state index is -0.255. The van der Waals surface area contributed by atoms with Crippen molar-refractivity contribution in [2.75, 3.05) is 18.4 Å². The monoisotopic (exact) mass is 393 g/mol. The van der Waals surface area contributed by atoms with Gasteiger partial charge in [0, 0.05) is 5.69 Å². The van der Waals surface area contributed by atoms with Crippen LogP contribution >= 0.6 is 12.4 Å². The molecule has 8 heteroatoms. The largest absolute Gasteiger partial charge is 0.488 e. The SMILES string of the molecule is Cc1c(C(=O)Nc2ccc(OC(C)(C)C)cc2)nnn1C1CCNCC1.Cl. The normalized spacial score (nSPS) is 15.1. The summed E-state index contributed by atoms with van der Waals surface area (Å²) in [5, 5.41) is 14.5. The first kappa shape index (κ1) is 21.2.